The van der Waals surface area contributed by atoms with Crippen molar-refractivity contribution < 1.29 is 24.2 Å². The van der Waals surface area contributed by atoms with Gasteiger partial charge in [0, 0.05) is 12.0 Å². The summed E-state index contributed by atoms with van der Waals surface area (Å²) in [6.45, 7) is 2.98. The summed E-state index contributed by atoms with van der Waals surface area (Å²) in [5.74, 6) is -1.59. The number of amides is 2. The third kappa shape index (κ3) is 7.28. The third-order valence-corrected chi connectivity index (χ3v) is 2.69. The van der Waals surface area contributed by atoms with Gasteiger partial charge in [-0.2, -0.15) is 0 Å². The number of ether oxygens (including phenoxy) is 1. The molecule has 0 unspecified atom stereocenters. The number of alkyl carbamates (subject to hydrolysis) is 1. The summed E-state index contributed by atoms with van der Waals surface area (Å²) in [6, 6.07) is 9.21. The van der Waals surface area contributed by atoms with Crippen LogP contribution in [0.15, 0.2) is 30.3 Å². The van der Waals surface area contributed by atoms with E-state index in [1.54, 1.807) is 13.8 Å². The third-order valence-electron chi connectivity index (χ3n) is 2.69. The molecule has 0 saturated heterocycles. The first-order valence-electron chi connectivity index (χ1n) is 6.76. The van der Waals surface area contributed by atoms with Gasteiger partial charge < -0.3 is 20.5 Å². The van der Waals surface area contributed by atoms with Gasteiger partial charge in [0.1, 0.15) is 13.2 Å². The second-order valence-electron chi connectivity index (χ2n) is 5.42. The molecule has 0 spiro atoms. The fourth-order valence-corrected chi connectivity index (χ4v) is 1.72. The fraction of sp³-hybridized carbons (Fsp3) is 0.400. The molecule has 0 atom stereocenters. The molecule has 22 heavy (non-hydrogen) atoms. The molecular formula is C15H20N2O5. The quantitative estimate of drug-likeness (QED) is 0.704. The zero-order chi connectivity index (χ0) is 16.6. The minimum absolute atomic E-state index is 0.0548. The second kappa shape index (κ2) is 8.02. The number of hydrogen-bond donors (Lipinski definition) is 3. The molecule has 120 valence electrons. The molecule has 7 nitrogen and oxygen atoms in total. The van der Waals surface area contributed by atoms with Crippen molar-refractivity contribution in [1.82, 2.24) is 10.6 Å². The minimum atomic E-state index is -1.12. The van der Waals surface area contributed by atoms with Gasteiger partial charge in [-0.25, -0.2) is 4.79 Å². The van der Waals surface area contributed by atoms with Gasteiger partial charge in [0.2, 0.25) is 5.91 Å². The van der Waals surface area contributed by atoms with Crippen LogP contribution >= 0.6 is 0 Å². The van der Waals surface area contributed by atoms with E-state index in [-0.39, 0.29) is 13.0 Å². The first-order chi connectivity index (χ1) is 10.3. The van der Waals surface area contributed by atoms with Gasteiger partial charge in [0.25, 0.3) is 0 Å². The van der Waals surface area contributed by atoms with Crippen molar-refractivity contribution in [2.45, 2.75) is 32.4 Å². The molecule has 0 aliphatic heterocycles. The molecule has 0 fully saturated rings. The Bertz CT molecular complexity index is 528. The van der Waals surface area contributed by atoms with Crippen LogP contribution in [0.25, 0.3) is 0 Å². The molecule has 3 N–H and O–H groups in total. The summed E-state index contributed by atoms with van der Waals surface area (Å²) in [7, 11) is 0. The highest BCUT2D eigenvalue weighted by Crippen LogP contribution is 2.09. The molecule has 0 radical (unpaired) electrons. The number of hydrogen-bond acceptors (Lipinski definition) is 4. The van der Waals surface area contributed by atoms with Crippen LogP contribution in [0.5, 0.6) is 0 Å². The van der Waals surface area contributed by atoms with E-state index in [0.29, 0.717) is 0 Å². The summed E-state index contributed by atoms with van der Waals surface area (Å²) in [4.78, 5) is 33.6. The van der Waals surface area contributed by atoms with E-state index in [9.17, 15) is 14.4 Å². The summed E-state index contributed by atoms with van der Waals surface area (Å²) in [5, 5.41) is 13.3. The van der Waals surface area contributed by atoms with Crippen LogP contribution in [0.4, 0.5) is 4.79 Å². The number of carboxylic acid groups (broad SMARTS) is 1. The van der Waals surface area contributed by atoms with E-state index in [1.807, 2.05) is 30.3 Å². The molecule has 7 heteroatoms. The van der Waals surface area contributed by atoms with E-state index in [1.165, 1.54) is 0 Å². The van der Waals surface area contributed by atoms with Crippen molar-refractivity contribution in [3.8, 4) is 0 Å². The molecule has 0 heterocycles. The molecule has 0 saturated carbocycles. The molecule has 1 rings (SSSR count). The fourth-order valence-electron chi connectivity index (χ4n) is 1.72. The molecule has 2 amide bonds. The van der Waals surface area contributed by atoms with Crippen molar-refractivity contribution >= 4 is 18.0 Å². The van der Waals surface area contributed by atoms with Gasteiger partial charge in [0.15, 0.2) is 0 Å². The predicted octanol–water partition coefficient (Wildman–Crippen LogP) is 1.28. The van der Waals surface area contributed by atoms with E-state index < -0.39 is 30.1 Å². The van der Waals surface area contributed by atoms with Crippen molar-refractivity contribution in [2.75, 3.05) is 6.54 Å². The topological polar surface area (TPSA) is 105 Å². The predicted molar refractivity (Wildman–Crippen MR) is 79.1 cm³/mol. The largest absolute Gasteiger partial charge is 0.480 e. The Morgan fingerprint density at radius 2 is 1.82 bits per heavy atom. The smallest absolute Gasteiger partial charge is 0.407 e. The molecule has 0 bridgehead atoms. The number of carbonyl (C=O) groups excluding carboxylic acids is 2. The lowest BCUT2D eigenvalue weighted by Crippen LogP contribution is -2.47. The Morgan fingerprint density at radius 3 is 2.41 bits per heavy atom. The first kappa shape index (κ1) is 17.5. The van der Waals surface area contributed by atoms with E-state index in [0.717, 1.165) is 5.56 Å². The SMILES string of the molecule is CC(C)(CC(=O)NCC(=O)O)NC(=O)OCc1ccccc1. The standard InChI is InChI=1S/C15H20N2O5/c1-15(2,8-12(18)16-9-13(19)20)17-14(21)22-10-11-6-4-3-5-7-11/h3-7H,8-10H2,1-2H3,(H,16,18)(H,17,21)(H,19,20). The minimum Gasteiger partial charge on any atom is -0.480 e. The zero-order valence-corrected chi connectivity index (χ0v) is 12.6. The Kier molecular flexibility index (Phi) is 6.37. The van der Waals surface area contributed by atoms with Crippen molar-refractivity contribution in [1.29, 1.82) is 0 Å². The van der Waals surface area contributed by atoms with Crippen molar-refractivity contribution in [2.24, 2.45) is 0 Å². The Labute approximate surface area is 128 Å². The molecular weight excluding hydrogens is 288 g/mol. The van der Waals surface area contributed by atoms with Crippen molar-refractivity contribution in [3.63, 3.8) is 0 Å². The molecule has 0 aliphatic carbocycles. The molecule has 1 aromatic carbocycles. The van der Waals surface area contributed by atoms with E-state index >= 15 is 0 Å². The van der Waals surface area contributed by atoms with Gasteiger partial charge >= 0.3 is 12.1 Å². The van der Waals surface area contributed by atoms with Crippen LogP contribution < -0.4 is 10.6 Å². The average Bonchev–Trinajstić information content (AvgIpc) is 2.43. The van der Waals surface area contributed by atoms with Crippen LogP contribution in [-0.4, -0.2) is 35.2 Å². The van der Waals surface area contributed by atoms with Gasteiger partial charge in [-0.15, -0.1) is 0 Å². The monoisotopic (exact) mass is 308 g/mol. The zero-order valence-electron chi connectivity index (χ0n) is 12.6. The highest BCUT2D eigenvalue weighted by Gasteiger charge is 2.25. The number of carboxylic acids is 1. The maximum atomic E-state index is 11.7. The van der Waals surface area contributed by atoms with Crippen LogP contribution in [0.1, 0.15) is 25.8 Å². The highest BCUT2D eigenvalue weighted by atomic mass is 16.5. The van der Waals surface area contributed by atoms with Crippen LogP contribution in [0.2, 0.25) is 0 Å². The van der Waals surface area contributed by atoms with E-state index in [4.69, 9.17) is 9.84 Å². The average molecular weight is 308 g/mol. The maximum absolute atomic E-state index is 11.7. The first-order valence-corrected chi connectivity index (χ1v) is 6.76. The van der Waals surface area contributed by atoms with Gasteiger partial charge in [-0.1, -0.05) is 30.3 Å². The van der Waals surface area contributed by atoms with Crippen LogP contribution in [0, 0.1) is 0 Å². The lowest BCUT2D eigenvalue weighted by molar-refractivity contribution is -0.138. The molecule has 0 aromatic heterocycles. The van der Waals surface area contributed by atoms with E-state index in [2.05, 4.69) is 10.6 Å². The van der Waals surface area contributed by atoms with Gasteiger partial charge in [-0.05, 0) is 19.4 Å². The van der Waals surface area contributed by atoms with Crippen molar-refractivity contribution in [3.05, 3.63) is 35.9 Å². The van der Waals surface area contributed by atoms with Crippen LogP contribution in [0.3, 0.4) is 0 Å². The van der Waals surface area contributed by atoms with Crippen LogP contribution in [-0.2, 0) is 20.9 Å². The number of nitrogens with one attached hydrogen (secondary N) is 2. The molecule has 1 aromatic rings. The highest BCUT2D eigenvalue weighted by molar-refractivity contribution is 5.82. The normalized spacial score (nSPS) is 10.6. The number of rotatable bonds is 7. The number of aliphatic carboxylic acids is 1. The number of carbonyl (C=O) groups is 3. The van der Waals surface area contributed by atoms with Gasteiger partial charge in [0.05, 0.1) is 0 Å². The Balaban J connectivity index is 2.37. The second-order valence-corrected chi connectivity index (χ2v) is 5.42. The molecule has 0 aliphatic rings. The number of benzene rings is 1. The maximum Gasteiger partial charge on any atom is 0.407 e. The van der Waals surface area contributed by atoms with Gasteiger partial charge in [-0.3, -0.25) is 9.59 Å². The lowest BCUT2D eigenvalue weighted by atomic mass is 10.0. The summed E-state index contributed by atoms with van der Waals surface area (Å²) in [5.41, 5.74) is 0.00533. The lowest BCUT2D eigenvalue weighted by Gasteiger charge is -2.25. The summed E-state index contributed by atoms with van der Waals surface area (Å²) >= 11 is 0. The summed E-state index contributed by atoms with van der Waals surface area (Å²) in [6.07, 6.45) is -0.694. The Hall–Kier alpha value is -2.57. The Morgan fingerprint density at radius 1 is 1.18 bits per heavy atom. The summed E-state index contributed by atoms with van der Waals surface area (Å²) < 4.78 is 5.07.